The number of nitro benzene ring substituents is 1. The Hall–Kier alpha value is -3.06. The number of nitrogens with zero attached hydrogens (tertiary/aromatic N) is 2. The molecule has 1 aromatic heterocycles. The third kappa shape index (κ3) is 5.98. The number of non-ortho nitro benzene ring substituents is 1. The fourth-order valence-corrected chi connectivity index (χ4v) is 4.16. The second-order valence-electron chi connectivity index (χ2n) is 6.07. The van der Waals surface area contributed by atoms with Gasteiger partial charge in [0, 0.05) is 22.2 Å². The van der Waals surface area contributed by atoms with Crippen LogP contribution < -0.4 is 10.2 Å². The molecule has 1 N–H and O–H groups in total. The van der Waals surface area contributed by atoms with Crippen molar-refractivity contribution in [3.05, 3.63) is 66.6 Å². The number of carbonyl (C=O) groups is 2. The standard InChI is InChI=1S/C20H16IN3O6S/c1-2-29-19(25)11-30-16-5-3-12(7-15(16)21)10-22-23-20(26)18-9-13-8-14(24(27)28)4-6-17(13)31-18/h3-10H,2,11H2,1H3,(H,23,26)/b22-10-. The third-order valence-corrected chi connectivity index (χ3v) is 5.88. The number of nitro groups is 1. The molecule has 160 valence electrons. The molecule has 9 nitrogen and oxygen atoms in total. The Balaban J connectivity index is 1.61. The van der Waals surface area contributed by atoms with Gasteiger partial charge in [-0.3, -0.25) is 14.9 Å². The SMILES string of the molecule is CCOC(=O)COc1ccc(/C=N\NC(=O)c2cc3cc([N+](=O)[O-])ccc3s2)cc1I. The maximum Gasteiger partial charge on any atom is 0.344 e. The molecule has 0 bridgehead atoms. The second-order valence-corrected chi connectivity index (χ2v) is 8.32. The molecular formula is C20H16IN3O6S. The number of thiophene rings is 1. The predicted octanol–water partition coefficient (Wildman–Crippen LogP) is 4.12. The predicted molar refractivity (Wildman–Crippen MR) is 125 cm³/mol. The Morgan fingerprint density at radius 3 is 2.77 bits per heavy atom. The number of rotatable bonds is 8. The highest BCUT2D eigenvalue weighted by molar-refractivity contribution is 14.1. The summed E-state index contributed by atoms with van der Waals surface area (Å²) in [6.07, 6.45) is 1.48. The van der Waals surface area contributed by atoms with Gasteiger partial charge < -0.3 is 9.47 Å². The molecule has 1 heterocycles. The molecule has 0 unspecified atom stereocenters. The quantitative estimate of drug-likeness (QED) is 0.147. The van der Waals surface area contributed by atoms with Gasteiger partial charge in [-0.1, -0.05) is 0 Å². The molecule has 0 saturated heterocycles. The fourth-order valence-electron chi connectivity index (χ4n) is 2.53. The van der Waals surface area contributed by atoms with E-state index in [-0.39, 0.29) is 12.3 Å². The number of ether oxygens (including phenoxy) is 2. The summed E-state index contributed by atoms with van der Waals surface area (Å²) in [6, 6.07) is 11.3. The molecule has 1 amide bonds. The van der Waals surface area contributed by atoms with Gasteiger partial charge in [0.2, 0.25) is 0 Å². The summed E-state index contributed by atoms with van der Waals surface area (Å²) >= 11 is 3.29. The van der Waals surface area contributed by atoms with E-state index in [1.807, 2.05) is 0 Å². The van der Waals surface area contributed by atoms with Crippen molar-refractivity contribution in [2.75, 3.05) is 13.2 Å². The largest absolute Gasteiger partial charge is 0.481 e. The number of benzene rings is 2. The molecule has 0 fully saturated rings. The van der Waals surface area contributed by atoms with Crippen LogP contribution in [0.15, 0.2) is 47.6 Å². The molecule has 0 aliphatic rings. The monoisotopic (exact) mass is 553 g/mol. The first kappa shape index (κ1) is 22.6. The maximum atomic E-state index is 12.3. The van der Waals surface area contributed by atoms with Crippen molar-refractivity contribution < 1.29 is 24.0 Å². The minimum Gasteiger partial charge on any atom is -0.481 e. The molecule has 31 heavy (non-hydrogen) atoms. The van der Waals surface area contributed by atoms with Crippen molar-refractivity contribution in [1.82, 2.24) is 5.43 Å². The Morgan fingerprint density at radius 1 is 1.26 bits per heavy atom. The molecule has 3 aromatic rings. The average Bonchev–Trinajstić information content (AvgIpc) is 3.17. The zero-order valence-electron chi connectivity index (χ0n) is 16.2. The van der Waals surface area contributed by atoms with Gasteiger partial charge in [0.15, 0.2) is 6.61 Å². The highest BCUT2D eigenvalue weighted by atomic mass is 127. The van der Waals surface area contributed by atoms with Crippen molar-refractivity contribution in [3.63, 3.8) is 0 Å². The van der Waals surface area contributed by atoms with Crippen LogP contribution in [0, 0.1) is 13.7 Å². The lowest BCUT2D eigenvalue weighted by molar-refractivity contribution is -0.384. The Labute approximate surface area is 194 Å². The molecule has 0 atom stereocenters. The lowest BCUT2D eigenvalue weighted by atomic mass is 10.2. The van der Waals surface area contributed by atoms with Crippen LogP contribution in [0.2, 0.25) is 0 Å². The molecule has 2 aromatic carbocycles. The number of carbonyl (C=O) groups excluding carboxylic acids is 2. The minimum atomic E-state index is -0.477. The average molecular weight is 553 g/mol. The van der Waals surface area contributed by atoms with Gasteiger partial charge in [0.1, 0.15) is 5.75 Å². The van der Waals surface area contributed by atoms with Gasteiger partial charge in [0.05, 0.1) is 26.2 Å². The van der Waals surface area contributed by atoms with E-state index in [0.29, 0.717) is 22.6 Å². The van der Waals surface area contributed by atoms with Crippen LogP contribution in [0.3, 0.4) is 0 Å². The zero-order valence-corrected chi connectivity index (χ0v) is 19.1. The second kappa shape index (κ2) is 10.3. The molecule has 0 saturated carbocycles. The normalized spacial score (nSPS) is 10.9. The Bertz CT molecular complexity index is 1180. The van der Waals surface area contributed by atoms with Gasteiger partial charge >= 0.3 is 5.97 Å². The summed E-state index contributed by atoms with van der Waals surface area (Å²) in [4.78, 5) is 34.5. The number of halogens is 1. The highest BCUT2D eigenvalue weighted by Gasteiger charge is 2.13. The number of esters is 1. The molecular weight excluding hydrogens is 537 g/mol. The fraction of sp³-hybridized carbons (Fsp3) is 0.150. The molecule has 3 rings (SSSR count). The molecule has 0 aliphatic heterocycles. The van der Waals surface area contributed by atoms with E-state index in [0.717, 1.165) is 13.8 Å². The minimum absolute atomic E-state index is 0.0282. The van der Waals surface area contributed by atoms with Gasteiger partial charge in [-0.2, -0.15) is 5.10 Å². The summed E-state index contributed by atoms with van der Waals surface area (Å²) in [5.74, 6) is -0.319. The number of hydrogen-bond donors (Lipinski definition) is 1. The molecule has 11 heteroatoms. The lowest BCUT2D eigenvalue weighted by Gasteiger charge is -2.08. The molecule has 0 spiro atoms. The highest BCUT2D eigenvalue weighted by Crippen LogP contribution is 2.29. The van der Waals surface area contributed by atoms with Crippen LogP contribution in [-0.2, 0) is 9.53 Å². The number of fused-ring (bicyclic) bond motifs is 1. The smallest absolute Gasteiger partial charge is 0.344 e. The first-order valence-corrected chi connectivity index (χ1v) is 10.9. The van der Waals surface area contributed by atoms with Crippen molar-refractivity contribution in [1.29, 1.82) is 0 Å². The maximum absolute atomic E-state index is 12.3. The van der Waals surface area contributed by atoms with E-state index in [1.165, 1.54) is 29.7 Å². The van der Waals surface area contributed by atoms with Gasteiger partial charge in [0.25, 0.3) is 11.6 Å². The van der Waals surface area contributed by atoms with E-state index < -0.39 is 16.8 Å². The first-order valence-electron chi connectivity index (χ1n) is 8.96. The van der Waals surface area contributed by atoms with Crippen molar-refractivity contribution >= 4 is 67.8 Å². The number of nitrogens with one attached hydrogen (secondary N) is 1. The third-order valence-electron chi connectivity index (χ3n) is 3.92. The van der Waals surface area contributed by atoms with Crippen LogP contribution >= 0.6 is 33.9 Å². The van der Waals surface area contributed by atoms with Gasteiger partial charge in [-0.25, -0.2) is 10.2 Å². The van der Waals surface area contributed by atoms with Crippen LogP contribution in [0.4, 0.5) is 5.69 Å². The summed E-state index contributed by atoms with van der Waals surface area (Å²) in [7, 11) is 0. The Kier molecular flexibility index (Phi) is 7.52. The van der Waals surface area contributed by atoms with Crippen LogP contribution in [0.1, 0.15) is 22.2 Å². The number of amides is 1. The number of hydrogen-bond acceptors (Lipinski definition) is 8. The molecule has 0 radical (unpaired) electrons. The number of hydrazone groups is 1. The van der Waals surface area contributed by atoms with Gasteiger partial charge in [-0.15, -0.1) is 11.3 Å². The van der Waals surface area contributed by atoms with Crippen molar-refractivity contribution in [2.45, 2.75) is 6.92 Å². The summed E-state index contributed by atoms with van der Waals surface area (Å²) in [6.45, 7) is 1.84. The van der Waals surface area contributed by atoms with Gasteiger partial charge in [-0.05, 0) is 65.4 Å². The summed E-state index contributed by atoms with van der Waals surface area (Å²) in [5, 5.41) is 15.5. The first-order chi connectivity index (χ1) is 14.9. The van der Waals surface area contributed by atoms with Crippen LogP contribution in [0.5, 0.6) is 5.75 Å². The van der Waals surface area contributed by atoms with E-state index in [2.05, 4.69) is 33.1 Å². The summed E-state index contributed by atoms with van der Waals surface area (Å²) in [5.41, 5.74) is 3.14. The van der Waals surface area contributed by atoms with Crippen molar-refractivity contribution in [3.8, 4) is 5.75 Å². The van der Waals surface area contributed by atoms with E-state index in [9.17, 15) is 19.7 Å². The van der Waals surface area contributed by atoms with Crippen LogP contribution in [-0.4, -0.2) is 36.2 Å². The molecule has 0 aliphatic carbocycles. The van der Waals surface area contributed by atoms with Crippen molar-refractivity contribution in [2.24, 2.45) is 5.10 Å². The lowest BCUT2D eigenvalue weighted by Crippen LogP contribution is -2.16. The Morgan fingerprint density at radius 2 is 2.06 bits per heavy atom. The topological polar surface area (TPSA) is 120 Å². The van der Waals surface area contributed by atoms with E-state index in [4.69, 9.17) is 9.47 Å². The zero-order chi connectivity index (χ0) is 22.4. The van der Waals surface area contributed by atoms with E-state index in [1.54, 1.807) is 37.3 Å². The van der Waals surface area contributed by atoms with E-state index >= 15 is 0 Å². The summed E-state index contributed by atoms with van der Waals surface area (Å²) < 4.78 is 11.8. The van der Waals surface area contributed by atoms with Crippen LogP contribution in [0.25, 0.3) is 10.1 Å².